The zero-order valence-corrected chi connectivity index (χ0v) is 17.5. The van der Waals surface area contributed by atoms with Crippen LogP contribution in [0.3, 0.4) is 0 Å². The summed E-state index contributed by atoms with van der Waals surface area (Å²) in [6, 6.07) is 12.5. The molecule has 2 aliphatic rings. The fourth-order valence-electron chi connectivity index (χ4n) is 3.52. The first-order valence-corrected chi connectivity index (χ1v) is 11.3. The van der Waals surface area contributed by atoms with Crippen LogP contribution in [0.1, 0.15) is 29.9 Å². The number of rotatable bonds is 4. The van der Waals surface area contributed by atoms with Gasteiger partial charge >= 0.3 is 0 Å². The Kier molecular flexibility index (Phi) is 4.19. The smallest absolute Gasteiger partial charge is 0.232 e. The van der Waals surface area contributed by atoms with Gasteiger partial charge in [-0.3, -0.25) is 14.3 Å². The molecule has 0 aromatic heterocycles. The van der Waals surface area contributed by atoms with Gasteiger partial charge in [-0.2, -0.15) is 0 Å². The molecule has 7 heteroatoms. The summed E-state index contributed by atoms with van der Waals surface area (Å²) >= 11 is 3.48. The molecule has 0 unspecified atom stereocenters. The van der Waals surface area contributed by atoms with Gasteiger partial charge in [-0.25, -0.2) is 8.42 Å². The molecule has 2 aromatic carbocycles. The summed E-state index contributed by atoms with van der Waals surface area (Å²) in [4.78, 5) is 0. The van der Waals surface area contributed by atoms with Crippen molar-refractivity contribution in [1.82, 2.24) is 0 Å². The van der Waals surface area contributed by atoms with E-state index in [0.29, 0.717) is 5.92 Å². The van der Waals surface area contributed by atoms with Crippen LogP contribution in [0.4, 0.5) is 17.1 Å². The highest BCUT2D eigenvalue weighted by atomic mass is 79.9. The van der Waals surface area contributed by atoms with Crippen molar-refractivity contribution >= 4 is 43.0 Å². The molecule has 4 rings (SSSR count). The molecule has 26 heavy (non-hydrogen) atoms. The SMILES string of the molecule is CN1c2cc(N(C)S(C)(=O)=O)c(C3CC3)cc2CN1c1ccc(Br)cc1. The molecule has 5 nitrogen and oxygen atoms in total. The van der Waals surface area contributed by atoms with E-state index in [1.54, 1.807) is 7.05 Å². The maximum atomic E-state index is 12.1. The van der Waals surface area contributed by atoms with Crippen molar-refractivity contribution in [3.63, 3.8) is 0 Å². The van der Waals surface area contributed by atoms with Crippen LogP contribution in [0.2, 0.25) is 0 Å². The molecule has 1 fully saturated rings. The largest absolute Gasteiger partial charge is 0.288 e. The van der Waals surface area contributed by atoms with E-state index < -0.39 is 10.0 Å². The topological polar surface area (TPSA) is 43.9 Å². The molecule has 1 saturated carbocycles. The zero-order valence-electron chi connectivity index (χ0n) is 15.1. The number of sulfonamides is 1. The Bertz CT molecular complexity index is 955. The van der Waals surface area contributed by atoms with Crippen molar-refractivity contribution < 1.29 is 8.42 Å². The van der Waals surface area contributed by atoms with Crippen LogP contribution < -0.4 is 14.3 Å². The molecule has 138 valence electrons. The van der Waals surface area contributed by atoms with Gasteiger partial charge in [0.2, 0.25) is 10.0 Å². The predicted octanol–water partition coefficient (Wildman–Crippen LogP) is 4.09. The summed E-state index contributed by atoms with van der Waals surface area (Å²) < 4.78 is 26.7. The third-order valence-electron chi connectivity index (χ3n) is 5.24. The molecular weight excluding hydrogens is 414 g/mol. The van der Waals surface area contributed by atoms with Crippen molar-refractivity contribution in [2.24, 2.45) is 0 Å². The van der Waals surface area contributed by atoms with Gasteiger partial charge in [-0.1, -0.05) is 15.9 Å². The molecule has 0 atom stereocenters. The standard InChI is InChI=1S/C19H22BrN3O2S/c1-21-18-11-19(22(2)26(3,24)25)17(13-4-5-13)10-14(18)12-23(21)16-8-6-15(20)7-9-16/h6-11,13H,4-5,12H2,1-3H3. The lowest BCUT2D eigenvalue weighted by Gasteiger charge is -2.29. The van der Waals surface area contributed by atoms with Gasteiger partial charge in [0.05, 0.1) is 29.9 Å². The molecule has 1 aliphatic carbocycles. The highest BCUT2D eigenvalue weighted by Crippen LogP contribution is 2.48. The summed E-state index contributed by atoms with van der Waals surface area (Å²) in [5.74, 6) is 0.478. The average molecular weight is 436 g/mol. The van der Waals surface area contributed by atoms with Crippen molar-refractivity contribution in [3.05, 3.63) is 52.0 Å². The van der Waals surface area contributed by atoms with Crippen LogP contribution in [0.15, 0.2) is 40.9 Å². The van der Waals surface area contributed by atoms with Crippen molar-refractivity contribution in [2.45, 2.75) is 25.3 Å². The Labute approximate surface area is 163 Å². The molecule has 0 bridgehead atoms. The zero-order chi connectivity index (χ0) is 18.6. The summed E-state index contributed by atoms with van der Waals surface area (Å²) in [7, 11) is 0.372. The Morgan fingerprint density at radius 2 is 1.81 bits per heavy atom. The van der Waals surface area contributed by atoms with Crippen molar-refractivity contribution in [3.8, 4) is 0 Å². The minimum atomic E-state index is -3.29. The number of hydrazine groups is 1. The minimum absolute atomic E-state index is 0.478. The van der Waals surface area contributed by atoms with E-state index >= 15 is 0 Å². The summed E-state index contributed by atoms with van der Waals surface area (Å²) in [5, 5.41) is 4.31. The van der Waals surface area contributed by atoms with Crippen LogP contribution in [-0.2, 0) is 16.6 Å². The molecule has 0 saturated heterocycles. The molecule has 1 aliphatic heterocycles. The van der Waals surface area contributed by atoms with Gasteiger partial charge in [-0.15, -0.1) is 0 Å². The number of benzene rings is 2. The highest BCUT2D eigenvalue weighted by Gasteiger charge is 2.33. The van der Waals surface area contributed by atoms with E-state index in [2.05, 4.69) is 44.1 Å². The Morgan fingerprint density at radius 3 is 2.38 bits per heavy atom. The van der Waals surface area contributed by atoms with Gasteiger partial charge in [-0.05, 0) is 66.3 Å². The number of fused-ring (bicyclic) bond motifs is 1. The third-order valence-corrected chi connectivity index (χ3v) is 6.96. The first-order chi connectivity index (χ1) is 12.3. The van der Waals surface area contributed by atoms with Crippen LogP contribution in [0, 0.1) is 0 Å². The first kappa shape index (κ1) is 17.7. The number of halogens is 1. The van der Waals surface area contributed by atoms with Gasteiger partial charge in [0.15, 0.2) is 0 Å². The molecule has 0 spiro atoms. The van der Waals surface area contributed by atoms with E-state index in [0.717, 1.165) is 46.5 Å². The van der Waals surface area contributed by atoms with E-state index in [4.69, 9.17) is 0 Å². The fraction of sp³-hybridized carbons (Fsp3) is 0.368. The van der Waals surface area contributed by atoms with Gasteiger partial charge < -0.3 is 0 Å². The van der Waals surface area contributed by atoms with Crippen LogP contribution in [0.25, 0.3) is 0 Å². The monoisotopic (exact) mass is 435 g/mol. The second kappa shape index (κ2) is 6.16. The molecule has 0 N–H and O–H groups in total. The van der Waals surface area contributed by atoms with Crippen LogP contribution in [0.5, 0.6) is 0 Å². The lowest BCUT2D eigenvalue weighted by molar-refractivity contribution is 0.600. The molecule has 2 aromatic rings. The van der Waals surface area contributed by atoms with E-state index in [1.807, 2.05) is 25.2 Å². The molecule has 0 radical (unpaired) electrons. The normalized spacial score (nSPS) is 16.8. The lowest BCUT2D eigenvalue weighted by Crippen LogP contribution is -2.34. The lowest BCUT2D eigenvalue weighted by atomic mass is 10.0. The van der Waals surface area contributed by atoms with Crippen molar-refractivity contribution in [1.29, 1.82) is 0 Å². The second-order valence-electron chi connectivity index (χ2n) is 7.10. The Hall–Kier alpha value is -1.73. The Morgan fingerprint density at radius 1 is 1.15 bits per heavy atom. The predicted molar refractivity (Wildman–Crippen MR) is 110 cm³/mol. The third kappa shape index (κ3) is 3.07. The van der Waals surface area contributed by atoms with E-state index in [-0.39, 0.29) is 0 Å². The van der Waals surface area contributed by atoms with Gasteiger partial charge in [0.25, 0.3) is 0 Å². The second-order valence-corrected chi connectivity index (χ2v) is 10.0. The number of hydrogen-bond donors (Lipinski definition) is 0. The van der Waals surface area contributed by atoms with Crippen LogP contribution in [-0.4, -0.2) is 28.8 Å². The van der Waals surface area contributed by atoms with Crippen molar-refractivity contribution in [2.75, 3.05) is 34.7 Å². The quantitative estimate of drug-likeness (QED) is 0.724. The average Bonchev–Trinajstić information content (AvgIpc) is 3.38. The summed E-state index contributed by atoms with van der Waals surface area (Å²) in [6.07, 6.45) is 3.53. The van der Waals surface area contributed by atoms with Gasteiger partial charge in [0.1, 0.15) is 0 Å². The molecule has 1 heterocycles. The number of anilines is 3. The summed E-state index contributed by atoms with van der Waals surface area (Å²) in [6.45, 7) is 0.788. The number of nitrogens with zero attached hydrogens (tertiary/aromatic N) is 3. The number of hydrogen-bond acceptors (Lipinski definition) is 4. The fourth-order valence-corrected chi connectivity index (χ4v) is 4.30. The van der Waals surface area contributed by atoms with E-state index in [9.17, 15) is 8.42 Å². The summed E-state index contributed by atoms with van der Waals surface area (Å²) in [5.41, 5.74) is 5.37. The minimum Gasteiger partial charge on any atom is -0.288 e. The van der Waals surface area contributed by atoms with Gasteiger partial charge in [0, 0.05) is 18.6 Å². The molecular formula is C19H22BrN3O2S. The highest BCUT2D eigenvalue weighted by molar-refractivity contribution is 9.10. The van der Waals surface area contributed by atoms with E-state index in [1.165, 1.54) is 16.1 Å². The maximum Gasteiger partial charge on any atom is 0.232 e. The van der Waals surface area contributed by atoms with Crippen LogP contribution >= 0.6 is 15.9 Å². The molecule has 0 amide bonds. The Balaban J connectivity index is 1.76. The maximum absolute atomic E-state index is 12.1. The first-order valence-electron chi connectivity index (χ1n) is 8.63.